The van der Waals surface area contributed by atoms with Crippen molar-refractivity contribution in [3.05, 3.63) is 40.6 Å². The van der Waals surface area contributed by atoms with Gasteiger partial charge in [-0.3, -0.25) is 4.79 Å². The van der Waals surface area contributed by atoms with Crippen LogP contribution in [0.3, 0.4) is 0 Å². The molecule has 1 fully saturated rings. The molecule has 0 radical (unpaired) electrons. The Bertz CT molecular complexity index is 753. The molecule has 1 N–H and O–H groups in total. The number of aromatic nitrogens is 2. The molecular weight excluding hydrogens is 362 g/mol. The number of esters is 1. The Morgan fingerprint density at radius 3 is 2.87 bits per heavy atom. The van der Waals surface area contributed by atoms with Gasteiger partial charge in [-0.25, -0.2) is 9.48 Å². The summed E-state index contributed by atoms with van der Waals surface area (Å²) in [5.41, 5.74) is 1.26. The van der Waals surface area contributed by atoms with E-state index in [4.69, 9.17) is 4.74 Å². The van der Waals surface area contributed by atoms with Crippen molar-refractivity contribution in [1.29, 1.82) is 0 Å². The molecule has 1 aliphatic rings. The van der Waals surface area contributed by atoms with Gasteiger partial charge in [0.15, 0.2) is 5.69 Å². The second kappa shape index (κ2) is 6.54. The van der Waals surface area contributed by atoms with E-state index < -0.39 is 5.97 Å². The normalized spacial score (nSPS) is 13.7. The van der Waals surface area contributed by atoms with Gasteiger partial charge in [0.25, 0.3) is 0 Å². The summed E-state index contributed by atoms with van der Waals surface area (Å²) < 4.78 is 7.47. The summed E-state index contributed by atoms with van der Waals surface area (Å²) in [4.78, 5) is 24.1. The monoisotopic (exact) mass is 377 g/mol. The van der Waals surface area contributed by atoms with E-state index in [1.165, 1.54) is 0 Å². The molecule has 1 heterocycles. The number of anilines is 1. The number of carbonyl (C=O) groups excluding carboxylic acids is 2. The van der Waals surface area contributed by atoms with Crippen LogP contribution < -0.4 is 5.32 Å². The molecule has 3 rings (SSSR count). The van der Waals surface area contributed by atoms with Crippen LogP contribution in [-0.2, 0) is 9.53 Å². The van der Waals surface area contributed by atoms with Crippen LogP contribution in [0.25, 0.3) is 5.69 Å². The van der Waals surface area contributed by atoms with E-state index in [0.29, 0.717) is 5.69 Å². The maximum atomic E-state index is 12.1. The third-order valence-electron chi connectivity index (χ3n) is 3.46. The maximum absolute atomic E-state index is 12.1. The number of halogens is 1. The number of hydrogen-bond donors (Lipinski definition) is 1. The van der Waals surface area contributed by atoms with Crippen molar-refractivity contribution in [3.63, 3.8) is 0 Å². The lowest BCUT2D eigenvalue weighted by Crippen LogP contribution is -2.16. The fraction of sp³-hybridized carbons (Fsp3) is 0.312. The summed E-state index contributed by atoms with van der Waals surface area (Å²) in [5, 5.41) is 7.06. The molecule has 1 aromatic carbocycles. The number of benzene rings is 1. The molecule has 0 aliphatic heterocycles. The predicted molar refractivity (Wildman–Crippen MR) is 88.6 cm³/mol. The quantitative estimate of drug-likeness (QED) is 0.812. The standard InChI is InChI=1S/C16H16BrN3O3/c1-2-23-16(22)14-13(18-15(21)10-6-7-10)9-20(19-14)12-5-3-4-11(17)8-12/h3-5,8-10H,2,6-7H2,1H3,(H,18,21). The summed E-state index contributed by atoms with van der Waals surface area (Å²) in [7, 11) is 0. The molecule has 0 unspecified atom stereocenters. The highest BCUT2D eigenvalue weighted by atomic mass is 79.9. The van der Waals surface area contributed by atoms with Crippen LogP contribution in [0.2, 0.25) is 0 Å². The largest absolute Gasteiger partial charge is 0.461 e. The molecule has 1 amide bonds. The summed E-state index contributed by atoms with van der Waals surface area (Å²) in [6.07, 6.45) is 3.41. The molecular formula is C16H16BrN3O3. The molecule has 0 saturated heterocycles. The number of carbonyl (C=O) groups is 2. The third kappa shape index (κ3) is 3.61. The Labute approximate surface area is 141 Å². The SMILES string of the molecule is CCOC(=O)c1nn(-c2cccc(Br)c2)cc1NC(=O)C1CC1. The van der Waals surface area contributed by atoms with E-state index in [1.807, 2.05) is 24.3 Å². The first-order valence-electron chi connectivity index (χ1n) is 7.42. The van der Waals surface area contributed by atoms with Crippen molar-refractivity contribution >= 4 is 33.5 Å². The van der Waals surface area contributed by atoms with Crippen LogP contribution in [0.1, 0.15) is 30.3 Å². The number of hydrogen-bond acceptors (Lipinski definition) is 4. The van der Waals surface area contributed by atoms with Crippen LogP contribution >= 0.6 is 15.9 Å². The Kier molecular flexibility index (Phi) is 4.47. The Hall–Kier alpha value is -2.15. The average molecular weight is 378 g/mol. The molecule has 1 aromatic heterocycles. The lowest BCUT2D eigenvalue weighted by molar-refractivity contribution is -0.117. The summed E-state index contributed by atoms with van der Waals surface area (Å²) >= 11 is 3.40. The van der Waals surface area contributed by atoms with E-state index in [1.54, 1.807) is 17.8 Å². The Balaban J connectivity index is 1.94. The van der Waals surface area contributed by atoms with Crippen molar-refractivity contribution in [2.45, 2.75) is 19.8 Å². The van der Waals surface area contributed by atoms with Gasteiger partial charge in [0.1, 0.15) is 0 Å². The van der Waals surface area contributed by atoms with Crippen LogP contribution in [0.4, 0.5) is 5.69 Å². The van der Waals surface area contributed by atoms with Crippen molar-refractivity contribution < 1.29 is 14.3 Å². The van der Waals surface area contributed by atoms with Gasteiger partial charge in [0, 0.05) is 10.4 Å². The first kappa shape index (κ1) is 15.7. The summed E-state index contributed by atoms with van der Waals surface area (Å²) in [6, 6.07) is 7.50. The molecule has 23 heavy (non-hydrogen) atoms. The third-order valence-corrected chi connectivity index (χ3v) is 3.96. The van der Waals surface area contributed by atoms with E-state index in [0.717, 1.165) is 23.0 Å². The number of nitrogens with one attached hydrogen (secondary N) is 1. The van der Waals surface area contributed by atoms with Crippen LogP contribution in [0.15, 0.2) is 34.9 Å². The minimum Gasteiger partial charge on any atom is -0.461 e. The molecule has 2 aromatic rings. The lowest BCUT2D eigenvalue weighted by Gasteiger charge is -2.03. The van der Waals surface area contributed by atoms with Crippen LogP contribution in [-0.4, -0.2) is 28.3 Å². The predicted octanol–water partition coefficient (Wildman–Crippen LogP) is 3.16. The van der Waals surface area contributed by atoms with E-state index in [-0.39, 0.29) is 24.1 Å². The van der Waals surface area contributed by atoms with Gasteiger partial charge in [-0.05, 0) is 38.0 Å². The highest BCUT2D eigenvalue weighted by Crippen LogP contribution is 2.31. The Morgan fingerprint density at radius 2 is 2.22 bits per heavy atom. The molecule has 1 saturated carbocycles. The molecule has 6 nitrogen and oxygen atoms in total. The number of rotatable bonds is 5. The van der Waals surface area contributed by atoms with Crippen LogP contribution in [0, 0.1) is 5.92 Å². The molecule has 7 heteroatoms. The fourth-order valence-corrected chi connectivity index (χ4v) is 2.53. The van der Waals surface area contributed by atoms with Crippen molar-refractivity contribution in [2.24, 2.45) is 5.92 Å². The first-order valence-corrected chi connectivity index (χ1v) is 8.21. The zero-order chi connectivity index (χ0) is 16.4. The number of nitrogens with zero attached hydrogens (tertiary/aromatic N) is 2. The zero-order valence-corrected chi connectivity index (χ0v) is 14.2. The van der Waals surface area contributed by atoms with E-state index >= 15 is 0 Å². The number of amides is 1. The van der Waals surface area contributed by atoms with Gasteiger partial charge < -0.3 is 10.1 Å². The summed E-state index contributed by atoms with van der Waals surface area (Å²) in [6.45, 7) is 1.98. The molecule has 120 valence electrons. The molecule has 1 aliphatic carbocycles. The van der Waals surface area contributed by atoms with Crippen molar-refractivity contribution in [1.82, 2.24) is 9.78 Å². The first-order chi connectivity index (χ1) is 11.1. The van der Waals surface area contributed by atoms with Gasteiger partial charge in [-0.1, -0.05) is 22.0 Å². The highest BCUT2D eigenvalue weighted by molar-refractivity contribution is 9.10. The van der Waals surface area contributed by atoms with Gasteiger partial charge in [-0.2, -0.15) is 5.10 Å². The fourth-order valence-electron chi connectivity index (χ4n) is 2.15. The van der Waals surface area contributed by atoms with E-state index in [2.05, 4.69) is 26.3 Å². The topological polar surface area (TPSA) is 73.2 Å². The minimum absolute atomic E-state index is 0.0410. The smallest absolute Gasteiger partial charge is 0.361 e. The molecule has 0 atom stereocenters. The van der Waals surface area contributed by atoms with E-state index in [9.17, 15) is 9.59 Å². The molecule has 0 bridgehead atoms. The van der Waals surface area contributed by atoms with Gasteiger partial charge in [0.05, 0.1) is 24.2 Å². The summed E-state index contributed by atoms with van der Waals surface area (Å²) in [5.74, 6) is -0.587. The minimum atomic E-state index is -0.549. The second-order valence-electron chi connectivity index (χ2n) is 5.30. The lowest BCUT2D eigenvalue weighted by atomic mass is 10.3. The van der Waals surface area contributed by atoms with Gasteiger partial charge in [-0.15, -0.1) is 0 Å². The van der Waals surface area contributed by atoms with Crippen molar-refractivity contribution in [2.75, 3.05) is 11.9 Å². The van der Waals surface area contributed by atoms with Gasteiger partial charge in [0.2, 0.25) is 5.91 Å². The van der Waals surface area contributed by atoms with Crippen LogP contribution in [0.5, 0.6) is 0 Å². The van der Waals surface area contributed by atoms with Crippen molar-refractivity contribution in [3.8, 4) is 5.69 Å². The zero-order valence-electron chi connectivity index (χ0n) is 12.6. The average Bonchev–Trinajstić information content (AvgIpc) is 3.29. The second-order valence-corrected chi connectivity index (χ2v) is 6.22. The highest BCUT2D eigenvalue weighted by Gasteiger charge is 2.31. The van der Waals surface area contributed by atoms with Gasteiger partial charge >= 0.3 is 5.97 Å². The maximum Gasteiger partial charge on any atom is 0.361 e. The molecule has 0 spiro atoms. The number of ether oxygens (including phenoxy) is 1. The Morgan fingerprint density at radius 1 is 1.43 bits per heavy atom.